The van der Waals surface area contributed by atoms with Crippen molar-refractivity contribution in [3.05, 3.63) is 30.1 Å². The second kappa shape index (κ2) is 6.75. The molecule has 1 amide bonds. The minimum absolute atomic E-state index is 0.289. The van der Waals surface area contributed by atoms with Gasteiger partial charge in [0.2, 0.25) is 5.91 Å². The summed E-state index contributed by atoms with van der Waals surface area (Å²) in [4.78, 5) is 21.7. The fourth-order valence-corrected chi connectivity index (χ4v) is 3.57. The van der Waals surface area contributed by atoms with Crippen molar-refractivity contribution in [2.75, 3.05) is 32.7 Å². The summed E-state index contributed by atoms with van der Waals surface area (Å²) in [6.45, 7) is 7.49. The molecule has 0 saturated carbocycles. The second-order valence-corrected chi connectivity index (χ2v) is 6.36. The number of hydrogen-bond donors (Lipinski definition) is 1. The van der Waals surface area contributed by atoms with Gasteiger partial charge in [0, 0.05) is 38.9 Å². The Morgan fingerprint density at radius 3 is 2.73 bits per heavy atom. The second-order valence-electron chi connectivity index (χ2n) is 6.36. The molecule has 2 aliphatic heterocycles. The van der Waals surface area contributed by atoms with Crippen LogP contribution in [0.5, 0.6) is 0 Å². The van der Waals surface area contributed by atoms with Crippen molar-refractivity contribution < 1.29 is 4.79 Å². The lowest BCUT2D eigenvalue weighted by molar-refractivity contribution is -0.139. The van der Waals surface area contributed by atoms with E-state index in [2.05, 4.69) is 33.1 Å². The first-order valence-corrected chi connectivity index (χ1v) is 8.40. The Bertz CT molecular complexity index is 491. The number of aromatic nitrogens is 1. The van der Waals surface area contributed by atoms with E-state index < -0.39 is 0 Å². The summed E-state index contributed by atoms with van der Waals surface area (Å²) in [5.74, 6) is 0.310. The Labute approximate surface area is 132 Å². The Balaban J connectivity index is 1.54. The van der Waals surface area contributed by atoms with Crippen LogP contribution < -0.4 is 5.32 Å². The first kappa shape index (κ1) is 15.4. The molecule has 0 radical (unpaired) electrons. The van der Waals surface area contributed by atoms with E-state index in [-0.39, 0.29) is 5.54 Å². The van der Waals surface area contributed by atoms with Gasteiger partial charge in [-0.05, 0) is 37.9 Å². The van der Waals surface area contributed by atoms with Gasteiger partial charge in [-0.1, -0.05) is 13.0 Å². The number of rotatable bonds is 4. The molecule has 2 fully saturated rings. The molecule has 2 aliphatic rings. The molecule has 22 heavy (non-hydrogen) atoms. The first-order chi connectivity index (χ1) is 10.7. The lowest BCUT2D eigenvalue weighted by atomic mass is 9.92. The van der Waals surface area contributed by atoms with Crippen molar-refractivity contribution in [1.29, 1.82) is 0 Å². The lowest BCUT2D eigenvalue weighted by Crippen LogP contribution is -2.58. The minimum atomic E-state index is -0.289. The number of piperazine rings is 1. The van der Waals surface area contributed by atoms with Crippen LogP contribution in [0.3, 0.4) is 0 Å². The van der Waals surface area contributed by atoms with Crippen LogP contribution in [0.15, 0.2) is 24.4 Å². The predicted molar refractivity (Wildman–Crippen MR) is 86.4 cm³/mol. The van der Waals surface area contributed by atoms with Crippen LogP contribution >= 0.6 is 0 Å². The summed E-state index contributed by atoms with van der Waals surface area (Å²) in [5, 5.41) is 3.45. The standard InChI is InChI=1S/C17H26N4O/c1-2-17(7-5-9-19-17)16(22)21-12-10-20(11-13-21)14-15-6-3-4-8-18-15/h3-4,6,8,19H,2,5,7,9-14H2,1H3. The average Bonchev–Trinajstić information content (AvgIpc) is 3.06. The Morgan fingerprint density at radius 1 is 1.32 bits per heavy atom. The highest BCUT2D eigenvalue weighted by molar-refractivity contribution is 5.86. The third-order valence-electron chi connectivity index (χ3n) is 5.03. The van der Waals surface area contributed by atoms with Crippen LogP contribution in [0, 0.1) is 0 Å². The van der Waals surface area contributed by atoms with E-state index in [1.165, 1.54) is 0 Å². The van der Waals surface area contributed by atoms with Gasteiger partial charge in [-0.15, -0.1) is 0 Å². The molecule has 0 aromatic carbocycles. The van der Waals surface area contributed by atoms with E-state index in [0.717, 1.165) is 64.2 Å². The van der Waals surface area contributed by atoms with E-state index >= 15 is 0 Å². The minimum Gasteiger partial charge on any atom is -0.339 e. The van der Waals surface area contributed by atoms with Crippen molar-refractivity contribution in [3.8, 4) is 0 Å². The summed E-state index contributed by atoms with van der Waals surface area (Å²) in [5.41, 5.74) is 0.813. The van der Waals surface area contributed by atoms with Gasteiger partial charge < -0.3 is 10.2 Å². The summed E-state index contributed by atoms with van der Waals surface area (Å²) < 4.78 is 0. The predicted octanol–water partition coefficient (Wildman–Crippen LogP) is 1.26. The molecule has 3 rings (SSSR count). The third kappa shape index (κ3) is 3.15. The molecule has 0 spiro atoms. The maximum atomic E-state index is 12.9. The maximum absolute atomic E-state index is 12.9. The van der Waals surface area contributed by atoms with Crippen molar-refractivity contribution in [2.45, 2.75) is 38.3 Å². The van der Waals surface area contributed by atoms with Crippen LogP contribution in [0.25, 0.3) is 0 Å². The molecule has 3 heterocycles. The number of hydrogen-bond acceptors (Lipinski definition) is 4. The summed E-state index contributed by atoms with van der Waals surface area (Å²) >= 11 is 0. The van der Waals surface area contributed by atoms with Crippen molar-refractivity contribution in [1.82, 2.24) is 20.1 Å². The van der Waals surface area contributed by atoms with Gasteiger partial charge in [0.25, 0.3) is 0 Å². The Hall–Kier alpha value is -1.46. The van der Waals surface area contributed by atoms with Gasteiger partial charge in [-0.25, -0.2) is 0 Å². The molecule has 0 aliphatic carbocycles. The summed E-state index contributed by atoms with van der Waals surface area (Å²) in [6.07, 6.45) is 4.82. The number of nitrogens with zero attached hydrogens (tertiary/aromatic N) is 3. The van der Waals surface area contributed by atoms with Gasteiger partial charge in [0.05, 0.1) is 11.2 Å². The largest absolute Gasteiger partial charge is 0.339 e. The topological polar surface area (TPSA) is 48.5 Å². The molecule has 1 unspecified atom stereocenters. The normalized spacial score (nSPS) is 26.3. The molecule has 1 N–H and O–H groups in total. The smallest absolute Gasteiger partial charge is 0.242 e. The zero-order valence-electron chi connectivity index (χ0n) is 13.4. The van der Waals surface area contributed by atoms with E-state index in [0.29, 0.717) is 5.91 Å². The molecule has 120 valence electrons. The van der Waals surface area contributed by atoms with Crippen LogP contribution in [0.4, 0.5) is 0 Å². The van der Waals surface area contributed by atoms with Gasteiger partial charge >= 0.3 is 0 Å². The Kier molecular flexibility index (Phi) is 4.74. The van der Waals surface area contributed by atoms with Gasteiger partial charge in [0.15, 0.2) is 0 Å². The highest BCUT2D eigenvalue weighted by Crippen LogP contribution is 2.26. The Morgan fingerprint density at radius 2 is 2.14 bits per heavy atom. The zero-order valence-corrected chi connectivity index (χ0v) is 13.4. The highest BCUT2D eigenvalue weighted by atomic mass is 16.2. The van der Waals surface area contributed by atoms with Crippen molar-refractivity contribution in [2.24, 2.45) is 0 Å². The van der Waals surface area contributed by atoms with Crippen molar-refractivity contribution >= 4 is 5.91 Å². The van der Waals surface area contributed by atoms with Crippen LogP contribution in [-0.4, -0.2) is 59.0 Å². The van der Waals surface area contributed by atoms with Crippen LogP contribution in [-0.2, 0) is 11.3 Å². The lowest BCUT2D eigenvalue weighted by Gasteiger charge is -2.39. The zero-order chi connectivity index (χ0) is 15.4. The molecule has 1 atom stereocenters. The van der Waals surface area contributed by atoms with E-state index in [1.807, 2.05) is 18.3 Å². The number of amides is 1. The van der Waals surface area contributed by atoms with E-state index in [1.54, 1.807) is 0 Å². The van der Waals surface area contributed by atoms with Crippen LogP contribution in [0.1, 0.15) is 31.9 Å². The summed E-state index contributed by atoms with van der Waals surface area (Å²) in [6, 6.07) is 6.03. The number of pyridine rings is 1. The monoisotopic (exact) mass is 302 g/mol. The van der Waals surface area contributed by atoms with Gasteiger partial charge in [-0.3, -0.25) is 14.7 Å². The fourth-order valence-electron chi connectivity index (χ4n) is 3.57. The SMILES string of the molecule is CCC1(C(=O)N2CCN(Cc3ccccn3)CC2)CCCN1. The first-order valence-electron chi connectivity index (χ1n) is 8.40. The molecule has 0 bridgehead atoms. The molecule has 5 heteroatoms. The molecule has 5 nitrogen and oxygen atoms in total. The molecular weight excluding hydrogens is 276 g/mol. The average molecular weight is 302 g/mol. The van der Waals surface area contributed by atoms with E-state index in [4.69, 9.17) is 0 Å². The highest BCUT2D eigenvalue weighted by Gasteiger charge is 2.42. The molecule has 2 saturated heterocycles. The maximum Gasteiger partial charge on any atom is 0.242 e. The van der Waals surface area contributed by atoms with Gasteiger partial charge in [0.1, 0.15) is 0 Å². The third-order valence-corrected chi connectivity index (χ3v) is 5.03. The molecule has 1 aromatic rings. The van der Waals surface area contributed by atoms with Crippen LogP contribution in [0.2, 0.25) is 0 Å². The quantitative estimate of drug-likeness (QED) is 0.909. The number of nitrogens with one attached hydrogen (secondary N) is 1. The molecule has 1 aromatic heterocycles. The summed E-state index contributed by atoms with van der Waals surface area (Å²) in [7, 11) is 0. The van der Waals surface area contributed by atoms with Crippen molar-refractivity contribution in [3.63, 3.8) is 0 Å². The number of carbonyl (C=O) groups is 1. The van der Waals surface area contributed by atoms with Gasteiger partial charge in [-0.2, -0.15) is 0 Å². The number of carbonyl (C=O) groups excluding carboxylic acids is 1. The van der Waals surface area contributed by atoms with E-state index in [9.17, 15) is 4.79 Å². The molecular formula is C17H26N4O. The fraction of sp³-hybridized carbons (Fsp3) is 0.647.